The third kappa shape index (κ3) is 3.90. The summed E-state index contributed by atoms with van der Waals surface area (Å²) in [5.41, 5.74) is 7.87. The highest BCUT2D eigenvalue weighted by atomic mass is 32.2. The number of hydrogen-bond donors (Lipinski definition) is 3. The Morgan fingerprint density at radius 2 is 2.07 bits per heavy atom. The second-order valence-electron chi connectivity index (χ2n) is 5.85. The number of pyridine rings is 1. The van der Waals surface area contributed by atoms with Crippen molar-refractivity contribution in [1.29, 1.82) is 0 Å². The van der Waals surface area contributed by atoms with E-state index in [1.165, 1.54) is 11.8 Å². The number of fused-ring (bicyclic) bond motifs is 1. The van der Waals surface area contributed by atoms with Gasteiger partial charge in [0.05, 0.1) is 0 Å². The summed E-state index contributed by atoms with van der Waals surface area (Å²) in [6.45, 7) is 0. The largest absolute Gasteiger partial charge is 0.368 e. The minimum atomic E-state index is -0.159. The number of nitrogens with two attached hydrogens (primary N) is 1. The third-order valence-electron chi connectivity index (χ3n) is 3.97. The van der Waals surface area contributed by atoms with Crippen LogP contribution in [0.15, 0.2) is 66.1 Å². The Balaban J connectivity index is 1.50. The lowest BCUT2D eigenvalue weighted by Crippen LogP contribution is -2.12. The molecule has 0 aliphatic carbocycles. The van der Waals surface area contributed by atoms with E-state index in [1.54, 1.807) is 18.5 Å². The molecule has 2 heterocycles. The van der Waals surface area contributed by atoms with E-state index in [9.17, 15) is 4.79 Å². The van der Waals surface area contributed by atoms with E-state index in [4.69, 9.17) is 5.73 Å². The Bertz CT molecular complexity index is 1100. The van der Waals surface area contributed by atoms with Crippen molar-refractivity contribution in [3.63, 3.8) is 0 Å². The maximum absolute atomic E-state index is 12.7. The Labute approximate surface area is 159 Å². The van der Waals surface area contributed by atoms with E-state index < -0.39 is 0 Å². The van der Waals surface area contributed by atoms with Crippen LogP contribution in [0.5, 0.6) is 0 Å². The summed E-state index contributed by atoms with van der Waals surface area (Å²) < 4.78 is 0. The second-order valence-corrected chi connectivity index (χ2v) is 6.79. The number of aromatic nitrogens is 4. The molecule has 4 aromatic rings. The molecule has 0 unspecified atom stereocenters. The van der Waals surface area contributed by atoms with Crippen molar-refractivity contribution in [3.8, 4) is 0 Å². The van der Waals surface area contributed by atoms with Gasteiger partial charge in [0.1, 0.15) is 0 Å². The Kier molecular flexibility index (Phi) is 4.71. The van der Waals surface area contributed by atoms with Crippen molar-refractivity contribution < 1.29 is 4.79 Å². The number of nitrogen functional groups attached to an aromatic ring is 1. The summed E-state index contributed by atoms with van der Waals surface area (Å²) in [6.07, 6.45) is 3.49. The summed E-state index contributed by atoms with van der Waals surface area (Å²) in [4.78, 5) is 20.9. The summed E-state index contributed by atoms with van der Waals surface area (Å²) in [6, 6.07) is 15.1. The van der Waals surface area contributed by atoms with Crippen LogP contribution in [0.4, 0.5) is 11.6 Å². The number of benzene rings is 2. The van der Waals surface area contributed by atoms with Gasteiger partial charge in [0.25, 0.3) is 5.91 Å². The van der Waals surface area contributed by atoms with Crippen LogP contribution in [-0.2, 0) is 5.75 Å². The van der Waals surface area contributed by atoms with Crippen molar-refractivity contribution in [2.75, 3.05) is 11.1 Å². The Morgan fingerprint density at radius 3 is 2.93 bits per heavy atom. The number of anilines is 2. The summed E-state index contributed by atoms with van der Waals surface area (Å²) in [5, 5.41) is 12.1. The quantitative estimate of drug-likeness (QED) is 0.460. The van der Waals surface area contributed by atoms with E-state index in [2.05, 4.69) is 25.5 Å². The minimum Gasteiger partial charge on any atom is -0.368 e. The molecule has 27 heavy (non-hydrogen) atoms. The van der Waals surface area contributed by atoms with Crippen LogP contribution in [-0.4, -0.2) is 26.1 Å². The average Bonchev–Trinajstić information content (AvgIpc) is 3.12. The third-order valence-corrected chi connectivity index (χ3v) is 4.89. The van der Waals surface area contributed by atoms with Crippen LogP contribution in [0, 0.1) is 0 Å². The standard InChI is InChI=1S/C19H16N6OS/c20-18-23-19(25-24-18)27-11-12-3-1-4-13(9-12)17(26)22-16-6-2-5-14-10-21-8-7-15(14)16/h1-10H,11H2,(H,22,26)(H3,20,23,24,25). The van der Waals surface area contributed by atoms with E-state index in [-0.39, 0.29) is 11.9 Å². The molecule has 1 amide bonds. The van der Waals surface area contributed by atoms with Crippen molar-refractivity contribution in [2.45, 2.75) is 10.9 Å². The maximum Gasteiger partial charge on any atom is 0.255 e. The van der Waals surface area contributed by atoms with Crippen LogP contribution < -0.4 is 11.1 Å². The average molecular weight is 376 g/mol. The van der Waals surface area contributed by atoms with Gasteiger partial charge in [-0.3, -0.25) is 9.78 Å². The van der Waals surface area contributed by atoms with Crippen LogP contribution >= 0.6 is 11.8 Å². The number of thioether (sulfide) groups is 1. The molecule has 2 aromatic carbocycles. The normalized spacial score (nSPS) is 10.8. The van der Waals surface area contributed by atoms with E-state index in [0.29, 0.717) is 16.5 Å². The maximum atomic E-state index is 12.7. The fraction of sp³-hybridized carbons (Fsp3) is 0.0526. The molecule has 0 spiro atoms. The van der Waals surface area contributed by atoms with Gasteiger partial charge in [-0.05, 0) is 29.8 Å². The molecular formula is C19H16N6OS. The summed E-state index contributed by atoms with van der Waals surface area (Å²) in [7, 11) is 0. The number of rotatable bonds is 5. The molecule has 0 bridgehead atoms. The molecule has 8 heteroatoms. The highest BCUT2D eigenvalue weighted by Gasteiger charge is 2.10. The van der Waals surface area contributed by atoms with Gasteiger partial charge in [-0.1, -0.05) is 36.0 Å². The fourth-order valence-corrected chi connectivity index (χ4v) is 3.45. The van der Waals surface area contributed by atoms with Crippen LogP contribution in [0.25, 0.3) is 10.8 Å². The molecule has 0 fully saturated rings. The van der Waals surface area contributed by atoms with Gasteiger partial charge in [0.2, 0.25) is 11.1 Å². The van der Waals surface area contributed by atoms with E-state index in [1.807, 2.05) is 42.5 Å². The Hall–Kier alpha value is -3.39. The number of carbonyl (C=O) groups excluding carboxylic acids is 1. The number of hydrogen-bond acceptors (Lipinski definition) is 6. The summed E-state index contributed by atoms with van der Waals surface area (Å²) >= 11 is 1.45. The van der Waals surface area contributed by atoms with Crippen LogP contribution in [0.2, 0.25) is 0 Å². The number of amides is 1. The van der Waals surface area contributed by atoms with Crippen molar-refractivity contribution >= 4 is 40.1 Å². The first-order valence-corrected chi connectivity index (χ1v) is 9.21. The molecule has 0 atom stereocenters. The van der Waals surface area contributed by atoms with Crippen LogP contribution in [0.3, 0.4) is 0 Å². The second kappa shape index (κ2) is 7.46. The molecule has 0 aliphatic heterocycles. The molecule has 0 aliphatic rings. The molecular weight excluding hydrogens is 360 g/mol. The molecule has 0 saturated heterocycles. The van der Waals surface area contributed by atoms with Gasteiger partial charge in [-0.15, -0.1) is 5.10 Å². The molecule has 7 nitrogen and oxygen atoms in total. The van der Waals surface area contributed by atoms with Gasteiger partial charge in [-0.25, -0.2) is 5.10 Å². The first kappa shape index (κ1) is 17.0. The predicted molar refractivity (Wildman–Crippen MR) is 106 cm³/mol. The van der Waals surface area contributed by atoms with Gasteiger partial charge < -0.3 is 11.1 Å². The van der Waals surface area contributed by atoms with Gasteiger partial charge in [0, 0.05) is 40.2 Å². The monoisotopic (exact) mass is 376 g/mol. The smallest absolute Gasteiger partial charge is 0.255 e. The topological polar surface area (TPSA) is 110 Å². The highest BCUT2D eigenvalue weighted by molar-refractivity contribution is 7.98. The van der Waals surface area contributed by atoms with Crippen molar-refractivity contribution in [1.82, 2.24) is 20.2 Å². The van der Waals surface area contributed by atoms with Gasteiger partial charge in [-0.2, -0.15) is 4.98 Å². The zero-order chi connectivity index (χ0) is 18.6. The lowest BCUT2D eigenvalue weighted by Gasteiger charge is -2.09. The molecule has 4 rings (SSSR count). The number of aromatic amines is 1. The van der Waals surface area contributed by atoms with E-state index >= 15 is 0 Å². The number of nitrogens with one attached hydrogen (secondary N) is 2. The first-order valence-electron chi connectivity index (χ1n) is 8.23. The number of nitrogens with zero attached hydrogens (tertiary/aromatic N) is 3. The number of H-pyrrole nitrogens is 1. The van der Waals surface area contributed by atoms with Gasteiger partial charge >= 0.3 is 0 Å². The highest BCUT2D eigenvalue weighted by Crippen LogP contribution is 2.24. The molecule has 4 N–H and O–H groups in total. The number of carbonyl (C=O) groups is 1. The first-order chi connectivity index (χ1) is 13.2. The molecule has 0 radical (unpaired) electrons. The van der Waals surface area contributed by atoms with Crippen LogP contribution in [0.1, 0.15) is 15.9 Å². The Morgan fingerprint density at radius 1 is 1.19 bits per heavy atom. The molecule has 134 valence electrons. The van der Waals surface area contributed by atoms with Crippen molar-refractivity contribution in [2.24, 2.45) is 0 Å². The zero-order valence-corrected chi connectivity index (χ0v) is 15.0. The minimum absolute atomic E-state index is 0.159. The fourth-order valence-electron chi connectivity index (χ4n) is 2.70. The SMILES string of the molecule is Nc1nc(SCc2cccc(C(=O)Nc3cccc4cnccc34)c2)n[nH]1. The summed E-state index contributed by atoms with van der Waals surface area (Å²) in [5.74, 6) is 0.766. The van der Waals surface area contributed by atoms with Crippen molar-refractivity contribution in [3.05, 3.63) is 72.1 Å². The van der Waals surface area contributed by atoms with E-state index in [0.717, 1.165) is 22.0 Å². The predicted octanol–water partition coefficient (Wildman–Crippen LogP) is 3.48. The lowest BCUT2D eigenvalue weighted by molar-refractivity contribution is 0.102. The van der Waals surface area contributed by atoms with Gasteiger partial charge in [0.15, 0.2) is 0 Å². The zero-order valence-electron chi connectivity index (χ0n) is 14.2. The molecule has 0 saturated carbocycles. The molecule has 2 aromatic heterocycles. The lowest BCUT2D eigenvalue weighted by atomic mass is 10.1.